The zero-order valence-corrected chi connectivity index (χ0v) is 16.1. The number of nitrogens with zero attached hydrogens (tertiary/aromatic N) is 1. The van der Waals surface area contributed by atoms with E-state index < -0.39 is 11.8 Å². The van der Waals surface area contributed by atoms with Gasteiger partial charge in [0.25, 0.3) is 0 Å². The number of carbonyl (C=O) groups excluding carboxylic acids is 3. The van der Waals surface area contributed by atoms with Gasteiger partial charge in [0.05, 0.1) is 6.54 Å². The summed E-state index contributed by atoms with van der Waals surface area (Å²) in [5.41, 5.74) is 1.38. The van der Waals surface area contributed by atoms with Gasteiger partial charge in [0, 0.05) is 18.3 Å². The number of rotatable bonds is 9. The highest BCUT2D eigenvalue weighted by atomic mass is 16.6. The molecule has 1 fully saturated rings. The second-order valence-electron chi connectivity index (χ2n) is 6.91. The van der Waals surface area contributed by atoms with E-state index in [1.807, 2.05) is 13.0 Å². The Bertz CT molecular complexity index is 662. The van der Waals surface area contributed by atoms with Crippen molar-refractivity contribution >= 4 is 23.6 Å². The highest BCUT2D eigenvalue weighted by Gasteiger charge is 2.22. The van der Waals surface area contributed by atoms with E-state index in [1.54, 1.807) is 23.1 Å². The molecule has 7 nitrogen and oxygen atoms in total. The van der Waals surface area contributed by atoms with Crippen LogP contribution in [-0.2, 0) is 20.9 Å². The molecule has 1 aliphatic rings. The van der Waals surface area contributed by atoms with E-state index in [2.05, 4.69) is 17.6 Å². The summed E-state index contributed by atoms with van der Waals surface area (Å²) >= 11 is 0. The van der Waals surface area contributed by atoms with Gasteiger partial charge in [-0.15, -0.1) is 0 Å². The molecule has 3 amide bonds. The molecule has 1 aromatic rings. The number of cyclic esters (lactones) is 1. The lowest BCUT2D eigenvalue weighted by Crippen LogP contribution is -2.40. The first kappa shape index (κ1) is 20.7. The third kappa shape index (κ3) is 6.92. The number of anilines is 1. The van der Waals surface area contributed by atoms with Crippen molar-refractivity contribution in [3.63, 3.8) is 0 Å². The molecule has 148 valence electrons. The first-order valence-corrected chi connectivity index (χ1v) is 9.62. The van der Waals surface area contributed by atoms with Crippen LogP contribution in [0.1, 0.15) is 51.5 Å². The smallest absolute Gasteiger partial charge is 0.410 e. The third-order valence-corrected chi connectivity index (χ3v) is 4.48. The van der Waals surface area contributed by atoms with Crippen molar-refractivity contribution in [1.82, 2.24) is 10.2 Å². The third-order valence-electron chi connectivity index (χ3n) is 4.48. The number of carbonyl (C=O) groups is 3. The standard InChI is InChI=1S/C20H29N3O4/c1-3-4-5-6-8-15(2)21-18(24)19(25)22-17-10-7-9-16(13-17)14-23-11-12-27-20(23)26/h7,9-10,13,15H,3-6,8,11-12,14H2,1-2H3,(H,21,24)(H,22,25)/t15-/m1/s1. The van der Waals surface area contributed by atoms with Crippen molar-refractivity contribution in [3.8, 4) is 0 Å². The average Bonchev–Trinajstić information content (AvgIpc) is 3.03. The molecule has 1 aliphatic heterocycles. The van der Waals surface area contributed by atoms with Crippen LogP contribution in [0.3, 0.4) is 0 Å². The molecule has 0 spiro atoms. The quantitative estimate of drug-likeness (QED) is 0.513. The predicted molar refractivity (Wildman–Crippen MR) is 103 cm³/mol. The topological polar surface area (TPSA) is 87.7 Å². The maximum Gasteiger partial charge on any atom is 0.410 e. The molecule has 0 radical (unpaired) electrons. The molecule has 0 bridgehead atoms. The van der Waals surface area contributed by atoms with Crippen LogP contribution in [0.2, 0.25) is 0 Å². The Kier molecular flexibility index (Phi) is 8.10. The minimum atomic E-state index is -0.687. The number of unbranched alkanes of at least 4 members (excludes halogenated alkanes) is 3. The van der Waals surface area contributed by atoms with Crippen LogP contribution in [0.4, 0.5) is 10.5 Å². The summed E-state index contributed by atoms with van der Waals surface area (Å²) in [5.74, 6) is -1.32. The molecule has 0 saturated carbocycles. The summed E-state index contributed by atoms with van der Waals surface area (Å²) in [6, 6.07) is 7.07. The molecule has 1 aromatic carbocycles. The molecule has 7 heteroatoms. The van der Waals surface area contributed by atoms with Crippen molar-refractivity contribution < 1.29 is 19.1 Å². The van der Waals surface area contributed by atoms with Gasteiger partial charge in [-0.3, -0.25) is 9.59 Å². The number of benzene rings is 1. The first-order chi connectivity index (χ1) is 13.0. The fourth-order valence-corrected chi connectivity index (χ4v) is 2.96. The normalized spacial score (nSPS) is 14.6. The number of ether oxygens (including phenoxy) is 1. The van der Waals surface area contributed by atoms with Crippen LogP contribution >= 0.6 is 0 Å². The van der Waals surface area contributed by atoms with E-state index in [-0.39, 0.29) is 12.1 Å². The van der Waals surface area contributed by atoms with Gasteiger partial charge in [-0.05, 0) is 31.0 Å². The van der Waals surface area contributed by atoms with Gasteiger partial charge in [0.15, 0.2) is 0 Å². The SMILES string of the molecule is CCCCCC[C@@H](C)NC(=O)C(=O)Nc1cccc(CN2CCOC2=O)c1. The highest BCUT2D eigenvalue weighted by molar-refractivity contribution is 6.39. The Morgan fingerprint density at radius 3 is 2.74 bits per heavy atom. The summed E-state index contributed by atoms with van der Waals surface area (Å²) < 4.78 is 4.91. The minimum absolute atomic E-state index is 0.0346. The molecule has 0 unspecified atom stereocenters. The number of hydrogen-bond donors (Lipinski definition) is 2. The molecule has 2 N–H and O–H groups in total. The monoisotopic (exact) mass is 375 g/mol. The molecular formula is C20H29N3O4. The fraction of sp³-hybridized carbons (Fsp3) is 0.550. The second-order valence-corrected chi connectivity index (χ2v) is 6.91. The molecule has 27 heavy (non-hydrogen) atoms. The Morgan fingerprint density at radius 1 is 1.22 bits per heavy atom. The van der Waals surface area contributed by atoms with Gasteiger partial charge >= 0.3 is 17.9 Å². The van der Waals surface area contributed by atoms with E-state index >= 15 is 0 Å². The molecule has 1 atom stereocenters. The van der Waals surface area contributed by atoms with Gasteiger partial charge < -0.3 is 20.3 Å². The largest absolute Gasteiger partial charge is 0.448 e. The Hall–Kier alpha value is -2.57. The Balaban J connectivity index is 1.81. The summed E-state index contributed by atoms with van der Waals surface area (Å²) in [6.45, 7) is 5.41. The molecular weight excluding hydrogens is 346 g/mol. The maximum absolute atomic E-state index is 12.1. The molecule has 1 heterocycles. The van der Waals surface area contributed by atoms with E-state index in [0.717, 1.165) is 24.8 Å². The lowest BCUT2D eigenvalue weighted by atomic mass is 10.1. The van der Waals surface area contributed by atoms with Gasteiger partial charge in [0.1, 0.15) is 6.61 Å². The van der Waals surface area contributed by atoms with Crippen LogP contribution in [0, 0.1) is 0 Å². The van der Waals surface area contributed by atoms with Crippen molar-refractivity contribution in [1.29, 1.82) is 0 Å². The predicted octanol–water partition coefficient (Wildman–Crippen LogP) is 3.05. The summed E-state index contributed by atoms with van der Waals surface area (Å²) in [5, 5.41) is 5.35. The van der Waals surface area contributed by atoms with Gasteiger partial charge in [-0.2, -0.15) is 0 Å². The van der Waals surface area contributed by atoms with E-state index in [4.69, 9.17) is 4.74 Å². The van der Waals surface area contributed by atoms with Crippen LogP contribution in [-0.4, -0.2) is 42.0 Å². The lowest BCUT2D eigenvalue weighted by Gasteiger charge is -2.15. The lowest BCUT2D eigenvalue weighted by molar-refractivity contribution is -0.136. The molecule has 2 rings (SSSR count). The Morgan fingerprint density at radius 2 is 2.04 bits per heavy atom. The number of amides is 3. The van der Waals surface area contributed by atoms with Crippen molar-refractivity contribution in [2.45, 2.75) is 58.5 Å². The zero-order valence-electron chi connectivity index (χ0n) is 16.1. The van der Waals surface area contributed by atoms with Crippen LogP contribution in [0.5, 0.6) is 0 Å². The number of hydrogen-bond acceptors (Lipinski definition) is 4. The fourth-order valence-electron chi connectivity index (χ4n) is 2.96. The average molecular weight is 375 g/mol. The van der Waals surface area contributed by atoms with Crippen LogP contribution < -0.4 is 10.6 Å². The van der Waals surface area contributed by atoms with Crippen LogP contribution in [0.25, 0.3) is 0 Å². The number of nitrogens with one attached hydrogen (secondary N) is 2. The summed E-state index contributed by atoms with van der Waals surface area (Å²) in [7, 11) is 0. The zero-order chi connectivity index (χ0) is 19.6. The minimum Gasteiger partial charge on any atom is -0.448 e. The molecule has 0 aliphatic carbocycles. The molecule has 0 aromatic heterocycles. The summed E-state index contributed by atoms with van der Waals surface area (Å²) in [4.78, 5) is 37.3. The van der Waals surface area contributed by atoms with Gasteiger partial charge in [0.2, 0.25) is 0 Å². The molecule has 1 saturated heterocycles. The summed E-state index contributed by atoms with van der Waals surface area (Å²) in [6.07, 6.45) is 5.06. The first-order valence-electron chi connectivity index (χ1n) is 9.62. The second kappa shape index (κ2) is 10.5. The highest BCUT2D eigenvalue weighted by Crippen LogP contribution is 2.15. The van der Waals surface area contributed by atoms with Crippen molar-refractivity contribution in [2.75, 3.05) is 18.5 Å². The van der Waals surface area contributed by atoms with E-state index in [1.165, 1.54) is 12.8 Å². The van der Waals surface area contributed by atoms with Crippen molar-refractivity contribution in [2.24, 2.45) is 0 Å². The maximum atomic E-state index is 12.1. The van der Waals surface area contributed by atoms with Crippen LogP contribution in [0.15, 0.2) is 24.3 Å². The van der Waals surface area contributed by atoms with E-state index in [9.17, 15) is 14.4 Å². The van der Waals surface area contributed by atoms with E-state index in [0.29, 0.717) is 25.4 Å². The van der Waals surface area contributed by atoms with Gasteiger partial charge in [-0.1, -0.05) is 44.7 Å². The van der Waals surface area contributed by atoms with Crippen molar-refractivity contribution in [3.05, 3.63) is 29.8 Å². The van der Waals surface area contributed by atoms with Gasteiger partial charge in [-0.25, -0.2) is 4.79 Å². The Labute approximate surface area is 160 Å².